The Kier molecular flexibility index (Phi) is 5.97. The maximum absolute atomic E-state index is 11.0. The Hall–Kier alpha value is -1.15. The van der Waals surface area contributed by atoms with E-state index >= 15 is 0 Å². The van der Waals surface area contributed by atoms with Gasteiger partial charge in [0.15, 0.2) is 0 Å². The topological polar surface area (TPSA) is 110 Å². The SMILES string of the molecule is COCC(=O)NC(CCS(C)(=O)=O)C(=O)O. The van der Waals surface area contributed by atoms with Crippen LogP contribution in [0, 0.1) is 0 Å². The molecule has 0 heterocycles. The molecule has 7 nitrogen and oxygen atoms in total. The van der Waals surface area contributed by atoms with Crippen molar-refractivity contribution < 1.29 is 27.9 Å². The fourth-order valence-electron chi connectivity index (χ4n) is 0.956. The zero-order valence-corrected chi connectivity index (χ0v) is 9.91. The molecule has 1 unspecified atom stereocenters. The van der Waals surface area contributed by atoms with Crippen molar-refractivity contribution in [1.29, 1.82) is 0 Å². The van der Waals surface area contributed by atoms with Gasteiger partial charge in [-0.25, -0.2) is 13.2 Å². The summed E-state index contributed by atoms with van der Waals surface area (Å²) in [7, 11) is -1.95. The van der Waals surface area contributed by atoms with E-state index in [1.54, 1.807) is 0 Å². The van der Waals surface area contributed by atoms with E-state index in [1.807, 2.05) is 0 Å². The van der Waals surface area contributed by atoms with E-state index in [0.29, 0.717) is 0 Å². The molecule has 0 aromatic carbocycles. The molecule has 0 aromatic rings. The molecule has 0 aromatic heterocycles. The van der Waals surface area contributed by atoms with Crippen LogP contribution < -0.4 is 5.32 Å². The summed E-state index contributed by atoms with van der Waals surface area (Å²) in [5.41, 5.74) is 0. The highest BCUT2D eigenvalue weighted by Crippen LogP contribution is 1.97. The summed E-state index contributed by atoms with van der Waals surface area (Å²) in [5, 5.41) is 10.9. The average molecular weight is 253 g/mol. The molecular weight excluding hydrogens is 238 g/mol. The number of methoxy groups -OCH3 is 1. The lowest BCUT2D eigenvalue weighted by Gasteiger charge is -2.13. The van der Waals surface area contributed by atoms with Gasteiger partial charge in [0.2, 0.25) is 5.91 Å². The molecule has 8 heteroatoms. The predicted molar refractivity (Wildman–Crippen MR) is 55.8 cm³/mol. The van der Waals surface area contributed by atoms with Gasteiger partial charge in [0.1, 0.15) is 22.5 Å². The van der Waals surface area contributed by atoms with Crippen molar-refractivity contribution in [2.75, 3.05) is 25.7 Å². The summed E-state index contributed by atoms with van der Waals surface area (Å²) in [4.78, 5) is 21.7. The van der Waals surface area contributed by atoms with Gasteiger partial charge < -0.3 is 15.2 Å². The van der Waals surface area contributed by atoms with Gasteiger partial charge in [-0.05, 0) is 6.42 Å². The maximum atomic E-state index is 11.0. The second-order valence-corrected chi connectivity index (χ2v) is 5.57. The molecular formula is C8H15NO6S. The molecule has 0 spiro atoms. The van der Waals surface area contributed by atoms with Gasteiger partial charge in [-0.1, -0.05) is 0 Å². The highest BCUT2D eigenvalue weighted by atomic mass is 32.2. The summed E-state index contributed by atoms with van der Waals surface area (Å²) < 4.78 is 26.2. The number of rotatable bonds is 7. The third-order valence-corrected chi connectivity index (χ3v) is 2.66. The minimum atomic E-state index is -3.25. The molecule has 0 radical (unpaired) electrons. The summed E-state index contributed by atoms with van der Waals surface area (Å²) >= 11 is 0. The van der Waals surface area contributed by atoms with Crippen molar-refractivity contribution >= 4 is 21.7 Å². The summed E-state index contributed by atoms with van der Waals surface area (Å²) in [5.74, 6) is -2.16. The lowest BCUT2D eigenvalue weighted by molar-refractivity contribution is -0.142. The first kappa shape index (κ1) is 14.8. The Bertz CT molecular complexity index is 350. The number of sulfone groups is 1. The summed E-state index contributed by atoms with van der Waals surface area (Å²) in [6, 6.07) is -1.21. The molecule has 1 amide bonds. The first-order chi connectivity index (χ1) is 7.26. The number of nitrogens with one attached hydrogen (secondary N) is 1. The third-order valence-electron chi connectivity index (χ3n) is 1.69. The van der Waals surface area contributed by atoms with Gasteiger partial charge in [-0.3, -0.25) is 4.79 Å². The van der Waals surface area contributed by atoms with Gasteiger partial charge in [0.05, 0.1) is 5.75 Å². The predicted octanol–water partition coefficient (Wildman–Crippen LogP) is -1.36. The van der Waals surface area contributed by atoms with Gasteiger partial charge in [-0.2, -0.15) is 0 Å². The van der Waals surface area contributed by atoms with Gasteiger partial charge in [0.25, 0.3) is 0 Å². The molecule has 0 aliphatic heterocycles. The van der Waals surface area contributed by atoms with E-state index in [2.05, 4.69) is 10.1 Å². The van der Waals surface area contributed by atoms with Crippen LogP contribution in [0.4, 0.5) is 0 Å². The van der Waals surface area contributed by atoms with E-state index in [1.165, 1.54) is 7.11 Å². The van der Waals surface area contributed by atoms with Crippen molar-refractivity contribution in [1.82, 2.24) is 5.32 Å². The smallest absolute Gasteiger partial charge is 0.326 e. The molecule has 2 N–H and O–H groups in total. The normalized spacial score (nSPS) is 13.1. The number of ether oxygens (including phenoxy) is 1. The van der Waals surface area contributed by atoms with Crippen LogP contribution in [-0.4, -0.2) is 57.2 Å². The number of carboxylic acid groups (broad SMARTS) is 1. The Morgan fingerprint density at radius 1 is 1.44 bits per heavy atom. The number of hydrogen-bond acceptors (Lipinski definition) is 5. The van der Waals surface area contributed by atoms with E-state index in [-0.39, 0.29) is 18.8 Å². The molecule has 0 aliphatic rings. The van der Waals surface area contributed by atoms with Crippen LogP contribution in [0.15, 0.2) is 0 Å². The highest BCUT2D eigenvalue weighted by Gasteiger charge is 2.21. The maximum Gasteiger partial charge on any atom is 0.326 e. The minimum Gasteiger partial charge on any atom is -0.480 e. The van der Waals surface area contributed by atoms with Gasteiger partial charge in [-0.15, -0.1) is 0 Å². The minimum absolute atomic E-state index is 0.163. The Morgan fingerprint density at radius 3 is 2.38 bits per heavy atom. The quantitative estimate of drug-likeness (QED) is 0.579. The zero-order valence-electron chi connectivity index (χ0n) is 9.10. The monoisotopic (exact) mass is 253 g/mol. The first-order valence-corrected chi connectivity index (χ1v) is 6.51. The van der Waals surface area contributed by atoms with Crippen molar-refractivity contribution in [3.63, 3.8) is 0 Å². The van der Waals surface area contributed by atoms with Crippen molar-refractivity contribution in [2.45, 2.75) is 12.5 Å². The zero-order chi connectivity index (χ0) is 12.8. The highest BCUT2D eigenvalue weighted by molar-refractivity contribution is 7.90. The average Bonchev–Trinajstić information content (AvgIpc) is 2.10. The Morgan fingerprint density at radius 2 is 2.00 bits per heavy atom. The molecule has 0 saturated carbocycles. The standard InChI is InChI=1S/C8H15NO6S/c1-15-5-7(10)9-6(8(11)12)3-4-16(2,13)14/h6H,3-5H2,1-2H3,(H,9,10)(H,11,12). The van der Waals surface area contributed by atoms with Gasteiger partial charge >= 0.3 is 5.97 Å². The van der Waals surface area contributed by atoms with Crippen molar-refractivity contribution in [3.8, 4) is 0 Å². The lowest BCUT2D eigenvalue weighted by Crippen LogP contribution is -2.43. The Balaban J connectivity index is 4.29. The lowest BCUT2D eigenvalue weighted by atomic mass is 10.2. The van der Waals surface area contributed by atoms with Crippen molar-refractivity contribution in [2.24, 2.45) is 0 Å². The van der Waals surface area contributed by atoms with Gasteiger partial charge in [0, 0.05) is 13.4 Å². The largest absolute Gasteiger partial charge is 0.480 e. The Labute approximate surface area is 93.7 Å². The van der Waals surface area contributed by atoms with Crippen LogP contribution in [0.2, 0.25) is 0 Å². The number of aliphatic carboxylic acids is 1. The summed E-state index contributed by atoms with van der Waals surface area (Å²) in [6.45, 7) is -0.261. The molecule has 0 rings (SSSR count). The summed E-state index contributed by atoms with van der Waals surface area (Å²) in [6.07, 6.45) is 0.840. The van der Waals surface area contributed by atoms with Crippen LogP contribution in [0.5, 0.6) is 0 Å². The van der Waals surface area contributed by atoms with E-state index in [0.717, 1.165) is 6.26 Å². The fraction of sp³-hybridized carbons (Fsp3) is 0.750. The number of carboxylic acids is 1. The van der Waals surface area contributed by atoms with Crippen LogP contribution in [-0.2, 0) is 24.2 Å². The van der Waals surface area contributed by atoms with Crippen LogP contribution in [0.25, 0.3) is 0 Å². The van der Waals surface area contributed by atoms with E-state index in [9.17, 15) is 18.0 Å². The van der Waals surface area contributed by atoms with Crippen LogP contribution >= 0.6 is 0 Å². The molecule has 0 fully saturated rings. The number of hydrogen-bond donors (Lipinski definition) is 2. The number of carbonyl (C=O) groups is 2. The van der Waals surface area contributed by atoms with Crippen LogP contribution in [0.3, 0.4) is 0 Å². The van der Waals surface area contributed by atoms with E-state index in [4.69, 9.17) is 5.11 Å². The second-order valence-electron chi connectivity index (χ2n) is 3.31. The molecule has 1 atom stereocenters. The fourth-order valence-corrected chi connectivity index (χ4v) is 1.62. The van der Waals surface area contributed by atoms with Crippen LogP contribution in [0.1, 0.15) is 6.42 Å². The molecule has 0 bridgehead atoms. The molecule has 94 valence electrons. The molecule has 16 heavy (non-hydrogen) atoms. The first-order valence-electron chi connectivity index (χ1n) is 4.45. The van der Waals surface area contributed by atoms with E-state index < -0.39 is 27.8 Å². The second kappa shape index (κ2) is 6.44. The molecule has 0 aliphatic carbocycles. The number of carbonyl (C=O) groups excluding carboxylic acids is 1. The third kappa shape index (κ3) is 7.18. The number of amides is 1. The molecule has 0 saturated heterocycles. The van der Waals surface area contributed by atoms with Crippen molar-refractivity contribution in [3.05, 3.63) is 0 Å².